The summed E-state index contributed by atoms with van der Waals surface area (Å²) < 4.78 is 18.9. The van der Waals surface area contributed by atoms with E-state index in [2.05, 4.69) is 20.5 Å². The molecule has 0 atom stereocenters. The van der Waals surface area contributed by atoms with Gasteiger partial charge in [-0.1, -0.05) is 18.2 Å². The lowest BCUT2D eigenvalue weighted by molar-refractivity contribution is 0.102. The molecule has 4 aromatic rings. The number of benzene rings is 2. The summed E-state index contributed by atoms with van der Waals surface area (Å²) in [5, 5.41) is 10.3. The molecular formula is C21H15FN4O2. The number of carbonyl (C=O) groups is 1. The van der Waals surface area contributed by atoms with Crippen molar-refractivity contribution in [3.8, 4) is 22.6 Å². The highest BCUT2D eigenvalue weighted by atomic mass is 19.1. The molecule has 0 aliphatic carbocycles. The highest BCUT2D eigenvalue weighted by molar-refractivity contribution is 6.04. The Morgan fingerprint density at radius 2 is 1.86 bits per heavy atom. The lowest BCUT2D eigenvalue weighted by Crippen LogP contribution is -2.13. The maximum absolute atomic E-state index is 13.7. The molecule has 4 rings (SSSR count). The van der Waals surface area contributed by atoms with Crippen LogP contribution in [0.4, 0.5) is 10.1 Å². The van der Waals surface area contributed by atoms with Gasteiger partial charge in [0.2, 0.25) is 12.3 Å². The van der Waals surface area contributed by atoms with E-state index in [-0.39, 0.29) is 5.56 Å². The summed E-state index contributed by atoms with van der Waals surface area (Å²) in [6.45, 7) is 2.01. The number of hydrogen-bond acceptors (Lipinski definition) is 5. The molecule has 0 radical (unpaired) electrons. The molecule has 0 unspecified atom stereocenters. The first-order valence-electron chi connectivity index (χ1n) is 8.50. The Balaban J connectivity index is 1.58. The minimum absolute atomic E-state index is 0.0535. The predicted octanol–water partition coefficient (Wildman–Crippen LogP) is 4.50. The maximum Gasteiger partial charge on any atom is 0.258 e. The van der Waals surface area contributed by atoms with E-state index >= 15 is 0 Å². The van der Waals surface area contributed by atoms with Crippen LogP contribution in [0.1, 0.15) is 15.9 Å². The predicted molar refractivity (Wildman–Crippen MR) is 102 cm³/mol. The summed E-state index contributed by atoms with van der Waals surface area (Å²) in [6.07, 6.45) is 3.68. The van der Waals surface area contributed by atoms with Crippen molar-refractivity contribution in [2.45, 2.75) is 6.92 Å². The zero-order valence-electron chi connectivity index (χ0n) is 14.9. The smallest absolute Gasteiger partial charge is 0.258 e. The number of carbonyl (C=O) groups excluding carboxylic acids is 1. The fourth-order valence-corrected chi connectivity index (χ4v) is 2.86. The molecule has 0 spiro atoms. The van der Waals surface area contributed by atoms with Gasteiger partial charge in [-0.15, -0.1) is 10.2 Å². The molecule has 6 nitrogen and oxygen atoms in total. The van der Waals surface area contributed by atoms with Crippen molar-refractivity contribution in [1.29, 1.82) is 0 Å². The number of nitrogens with one attached hydrogen (secondary N) is 1. The van der Waals surface area contributed by atoms with Gasteiger partial charge < -0.3 is 9.73 Å². The Hall–Kier alpha value is -3.87. The fraction of sp³-hybridized carbons (Fsp3) is 0.0476. The van der Waals surface area contributed by atoms with Crippen LogP contribution in [0.15, 0.2) is 71.7 Å². The van der Waals surface area contributed by atoms with Gasteiger partial charge in [0, 0.05) is 17.4 Å². The number of hydrogen-bond donors (Lipinski definition) is 1. The molecule has 7 heteroatoms. The lowest BCUT2D eigenvalue weighted by atomic mass is 9.98. The van der Waals surface area contributed by atoms with Crippen LogP contribution in [0, 0.1) is 12.7 Å². The van der Waals surface area contributed by atoms with Crippen molar-refractivity contribution in [2.24, 2.45) is 0 Å². The topological polar surface area (TPSA) is 80.9 Å². The number of pyridine rings is 1. The monoisotopic (exact) mass is 374 g/mol. The minimum atomic E-state index is -0.662. The van der Waals surface area contributed by atoms with Crippen molar-refractivity contribution in [3.63, 3.8) is 0 Å². The summed E-state index contributed by atoms with van der Waals surface area (Å²) in [4.78, 5) is 15.9. The van der Waals surface area contributed by atoms with Crippen LogP contribution in [0.3, 0.4) is 0 Å². The second-order valence-corrected chi connectivity index (χ2v) is 6.16. The average Bonchev–Trinajstić information content (AvgIpc) is 3.24. The Kier molecular flexibility index (Phi) is 4.63. The Morgan fingerprint density at radius 3 is 2.57 bits per heavy atom. The Morgan fingerprint density at radius 1 is 1.07 bits per heavy atom. The number of aromatic nitrogens is 3. The van der Waals surface area contributed by atoms with E-state index in [1.807, 2.05) is 37.3 Å². The number of nitrogens with zero attached hydrogens (tertiary/aromatic N) is 3. The number of anilines is 1. The normalized spacial score (nSPS) is 10.6. The third-order valence-electron chi connectivity index (χ3n) is 4.32. The minimum Gasteiger partial charge on any atom is -0.423 e. The van der Waals surface area contributed by atoms with Crippen LogP contribution in [0.5, 0.6) is 0 Å². The molecule has 2 aromatic carbocycles. The van der Waals surface area contributed by atoms with E-state index in [0.29, 0.717) is 11.6 Å². The van der Waals surface area contributed by atoms with Gasteiger partial charge in [-0.3, -0.25) is 9.78 Å². The van der Waals surface area contributed by atoms with Crippen LogP contribution in [-0.2, 0) is 0 Å². The molecule has 0 aliphatic heterocycles. The van der Waals surface area contributed by atoms with E-state index in [1.165, 1.54) is 18.7 Å². The molecular weight excluding hydrogens is 359 g/mol. The van der Waals surface area contributed by atoms with Gasteiger partial charge >= 0.3 is 0 Å². The van der Waals surface area contributed by atoms with Crippen LogP contribution >= 0.6 is 0 Å². The van der Waals surface area contributed by atoms with E-state index in [1.54, 1.807) is 12.1 Å². The second-order valence-electron chi connectivity index (χ2n) is 6.16. The van der Waals surface area contributed by atoms with Crippen LogP contribution in [0.25, 0.3) is 22.6 Å². The fourth-order valence-electron chi connectivity index (χ4n) is 2.86. The largest absolute Gasteiger partial charge is 0.423 e. The molecule has 1 N–H and O–H groups in total. The van der Waals surface area contributed by atoms with Gasteiger partial charge in [0.1, 0.15) is 0 Å². The average molecular weight is 374 g/mol. The van der Waals surface area contributed by atoms with E-state index in [0.717, 1.165) is 28.5 Å². The maximum atomic E-state index is 13.7. The van der Waals surface area contributed by atoms with Gasteiger partial charge in [-0.05, 0) is 53.9 Å². The van der Waals surface area contributed by atoms with E-state index < -0.39 is 11.7 Å². The Labute approximate surface area is 160 Å². The van der Waals surface area contributed by atoms with Crippen molar-refractivity contribution in [3.05, 3.63) is 84.3 Å². The SMILES string of the molecule is Cc1ccc(-c2nnco2)cc1-c1ccc(NC(=O)c2ccncc2F)cc1. The first-order chi connectivity index (χ1) is 13.6. The number of amides is 1. The third-order valence-corrected chi connectivity index (χ3v) is 4.32. The van der Waals surface area contributed by atoms with Crippen LogP contribution in [0.2, 0.25) is 0 Å². The standard InChI is InChI=1S/C21H15FN4O2/c1-13-2-3-15(21-26-24-12-28-21)10-18(13)14-4-6-16(7-5-14)25-20(27)17-8-9-23-11-19(17)22/h2-12H,1H3,(H,25,27). The highest BCUT2D eigenvalue weighted by Gasteiger charge is 2.12. The van der Waals surface area contributed by atoms with E-state index in [9.17, 15) is 9.18 Å². The van der Waals surface area contributed by atoms with Gasteiger partial charge in [0.15, 0.2) is 5.82 Å². The lowest BCUT2D eigenvalue weighted by Gasteiger charge is -2.10. The van der Waals surface area contributed by atoms with Crippen molar-refractivity contribution in [2.75, 3.05) is 5.32 Å². The quantitative estimate of drug-likeness (QED) is 0.569. The number of rotatable bonds is 4. The zero-order chi connectivity index (χ0) is 19.5. The van der Waals surface area contributed by atoms with Crippen molar-refractivity contribution in [1.82, 2.24) is 15.2 Å². The van der Waals surface area contributed by atoms with Gasteiger partial charge in [0.25, 0.3) is 5.91 Å². The Bertz CT molecular complexity index is 1130. The van der Waals surface area contributed by atoms with E-state index in [4.69, 9.17) is 4.42 Å². The second kappa shape index (κ2) is 7.40. The van der Waals surface area contributed by atoms with Crippen LogP contribution in [-0.4, -0.2) is 21.1 Å². The molecule has 1 amide bonds. The first-order valence-corrected chi connectivity index (χ1v) is 8.50. The molecule has 0 bridgehead atoms. The van der Waals surface area contributed by atoms with Crippen molar-refractivity contribution < 1.29 is 13.6 Å². The van der Waals surface area contributed by atoms with Crippen molar-refractivity contribution >= 4 is 11.6 Å². The molecule has 138 valence electrons. The van der Waals surface area contributed by atoms with Gasteiger partial charge in [-0.2, -0.15) is 0 Å². The summed E-state index contributed by atoms with van der Waals surface area (Å²) in [5.41, 5.74) is 4.39. The summed E-state index contributed by atoms with van der Waals surface area (Å²) in [6, 6.07) is 14.5. The zero-order valence-corrected chi connectivity index (χ0v) is 14.9. The molecule has 0 saturated carbocycles. The van der Waals surface area contributed by atoms with Gasteiger partial charge in [0.05, 0.1) is 11.8 Å². The van der Waals surface area contributed by atoms with Gasteiger partial charge in [-0.25, -0.2) is 4.39 Å². The summed E-state index contributed by atoms with van der Waals surface area (Å²) in [5.74, 6) is -0.739. The third kappa shape index (κ3) is 3.50. The first kappa shape index (κ1) is 17.5. The summed E-state index contributed by atoms with van der Waals surface area (Å²) >= 11 is 0. The number of halogens is 1. The molecule has 2 heterocycles. The number of aryl methyl sites for hydroxylation is 1. The summed E-state index contributed by atoms with van der Waals surface area (Å²) in [7, 11) is 0. The molecule has 0 fully saturated rings. The highest BCUT2D eigenvalue weighted by Crippen LogP contribution is 2.29. The molecule has 28 heavy (non-hydrogen) atoms. The van der Waals surface area contributed by atoms with Crippen LogP contribution < -0.4 is 5.32 Å². The molecule has 0 saturated heterocycles. The molecule has 0 aliphatic rings. The molecule has 2 aromatic heterocycles.